The fourth-order valence-corrected chi connectivity index (χ4v) is 3.50. The van der Waals surface area contributed by atoms with Gasteiger partial charge in [0.05, 0.1) is 5.92 Å². The second-order valence-electron chi connectivity index (χ2n) is 6.24. The first-order chi connectivity index (χ1) is 11.9. The highest BCUT2D eigenvalue weighted by atomic mass is 35.5. The Bertz CT molecular complexity index is 803. The monoisotopic (exact) mass is 376 g/mol. The van der Waals surface area contributed by atoms with Gasteiger partial charge >= 0.3 is 0 Å². The lowest BCUT2D eigenvalue weighted by Gasteiger charge is -2.17. The van der Waals surface area contributed by atoms with E-state index in [0.717, 1.165) is 11.1 Å². The molecule has 0 spiro atoms. The third-order valence-electron chi connectivity index (χ3n) is 4.20. The normalized spacial score (nSPS) is 17.0. The summed E-state index contributed by atoms with van der Waals surface area (Å²) in [7, 11) is 0. The molecule has 2 amide bonds. The molecule has 2 aromatic rings. The van der Waals surface area contributed by atoms with Crippen molar-refractivity contribution in [2.24, 2.45) is 5.92 Å². The number of nitrogens with one attached hydrogen (secondary N) is 1. The van der Waals surface area contributed by atoms with E-state index in [1.54, 1.807) is 23.1 Å². The lowest BCUT2D eigenvalue weighted by molar-refractivity contribution is -0.126. The predicted octanol–water partition coefficient (Wildman–Crippen LogP) is 3.97. The summed E-state index contributed by atoms with van der Waals surface area (Å²) in [4.78, 5) is 26.3. The Balaban J connectivity index is 1.64. The average Bonchev–Trinajstić information content (AvgIpc) is 2.94. The molecule has 1 aliphatic rings. The molecule has 2 aromatic carbocycles. The van der Waals surface area contributed by atoms with Crippen molar-refractivity contribution in [3.05, 3.63) is 63.6 Å². The number of amides is 2. The van der Waals surface area contributed by atoms with Crippen molar-refractivity contribution in [1.82, 2.24) is 5.32 Å². The maximum atomic E-state index is 12.4. The minimum Gasteiger partial charge on any atom is -0.352 e. The van der Waals surface area contributed by atoms with Crippen LogP contribution in [0.1, 0.15) is 17.5 Å². The molecule has 6 heteroatoms. The Morgan fingerprint density at radius 2 is 1.92 bits per heavy atom. The summed E-state index contributed by atoms with van der Waals surface area (Å²) in [6, 6.07) is 12.9. The van der Waals surface area contributed by atoms with Crippen LogP contribution in [0.25, 0.3) is 0 Å². The Morgan fingerprint density at radius 3 is 2.60 bits per heavy atom. The molecule has 0 radical (unpaired) electrons. The number of halogens is 2. The summed E-state index contributed by atoms with van der Waals surface area (Å²) in [5.74, 6) is -0.602. The SMILES string of the molecule is Cc1cccc(CNC(=O)C2CC(=O)N(c3cc(Cl)cc(Cl)c3)C2)c1. The number of carbonyl (C=O) groups is 2. The summed E-state index contributed by atoms with van der Waals surface area (Å²) in [6.07, 6.45) is 0.184. The minimum atomic E-state index is -0.380. The van der Waals surface area contributed by atoms with Crippen molar-refractivity contribution in [3.63, 3.8) is 0 Å². The van der Waals surface area contributed by atoms with Crippen LogP contribution in [0.3, 0.4) is 0 Å². The van der Waals surface area contributed by atoms with Crippen LogP contribution >= 0.6 is 23.2 Å². The summed E-state index contributed by atoms with van der Waals surface area (Å²) < 4.78 is 0. The van der Waals surface area contributed by atoms with Gasteiger partial charge in [0.25, 0.3) is 0 Å². The van der Waals surface area contributed by atoms with Crippen LogP contribution in [0.15, 0.2) is 42.5 Å². The highest BCUT2D eigenvalue weighted by Gasteiger charge is 2.35. The Kier molecular flexibility index (Phi) is 5.30. The molecule has 1 N–H and O–H groups in total. The third kappa shape index (κ3) is 4.33. The second-order valence-corrected chi connectivity index (χ2v) is 7.11. The Morgan fingerprint density at radius 1 is 1.20 bits per heavy atom. The lowest BCUT2D eigenvalue weighted by Crippen LogP contribution is -2.32. The molecule has 1 fully saturated rings. The van der Waals surface area contributed by atoms with E-state index in [4.69, 9.17) is 23.2 Å². The van der Waals surface area contributed by atoms with Crippen molar-refractivity contribution >= 4 is 40.7 Å². The maximum Gasteiger partial charge on any atom is 0.227 e. The van der Waals surface area contributed by atoms with E-state index in [0.29, 0.717) is 28.8 Å². The van der Waals surface area contributed by atoms with Crippen molar-refractivity contribution < 1.29 is 9.59 Å². The van der Waals surface area contributed by atoms with E-state index >= 15 is 0 Å². The van der Waals surface area contributed by atoms with Gasteiger partial charge in [-0.05, 0) is 30.7 Å². The zero-order valence-electron chi connectivity index (χ0n) is 13.8. The van der Waals surface area contributed by atoms with E-state index in [-0.39, 0.29) is 24.2 Å². The minimum absolute atomic E-state index is 0.103. The maximum absolute atomic E-state index is 12.4. The van der Waals surface area contributed by atoms with E-state index < -0.39 is 0 Å². The number of nitrogens with zero attached hydrogens (tertiary/aromatic N) is 1. The summed E-state index contributed by atoms with van der Waals surface area (Å²) in [5.41, 5.74) is 2.81. The topological polar surface area (TPSA) is 49.4 Å². The van der Waals surface area contributed by atoms with Crippen LogP contribution < -0.4 is 10.2 Å². The molecule has 130 valence electrons. The zero-order valence-corrected chi connectivity index (χ0v) is 15.3. The van der Waals surface area contributed by atoms with Crippen LogP contribution in [0.4, 0.5) is 5.69 Å². The molecule has 0 aromatic heterocycles. The molecular formula is C19H18Cl2N2O2. The molecule has 25 heavy (non-hydrogen) atoms. The van der Waals surface area contributed by atoms with Crippen molar-refractivity contribution in [2.75, 3.05) is 11.4 Å². The summed E-state index contributed by atoms with van der Waals surface area (Å²) in [6.45, 7) is 2.79. The van der Waals surface area contributed by atoms with Gasteiger partial charge < -0.3 is 10.2 Å². The van der Waals surface area contributed by atoms with Crippen LogP contribution in [-0.2, 0) is 16.1 Å². The van der Waals surface area contributed by atoms with Crippen LogP contribution in [0, 0.1) is 12.8 Å². The van der Waals surface area contributed by atoms with Crippen molar-refractivity contribution in [1.29, 1.82) is 0 Å². The molecule has 1 unspecified atom stereocenters. The van der Waals surface area contributed by atoms with Gasteiger partial charge in [0.2, 0.25) is 11.8 Å². The molecule has 4 nitrogen and oxygen atoms in total. The fourth-order valence-electron chi connectivity index (χ4n) is 2.98. The van der Waals surface area contributed by atoms with E-state index in [1.807, 2.05) is 31.2 Å². The Labute approximate surface area is 156 Å². The Hall–Kier alpha value is -2.04. The number of aryl methyl sites for hydroxylation is 1. The summed E-state index contributed by atoms with van der Waals surface area (Å²) in [5, 5.41) is 3.84. The van der Waals surface area contributed by atoms with E-state index in [2.05, 4.69) is 5.32 Å². The van der Waals surface area contributed by atoms with E-state index in [1.165, 1.54) is 0 Å². The zero-order chi connectivity index (χ0) is 18.0. The number of hydrogen-bond donors (Lipinski definition) is 1. The molecule has 3 rings (SSSR count). The lowest BCUT2D eigenvalue weighted by atomic mass is 10.1. The van der Waals surface area contributed by atoms with Gasteiger partial charge in [0, 0.05) is 35.2 Å². The van der Waals surface area contributed by atoms with Crippen LogP contribution in [-0.4, -0.2) is 18.4 Å². The number of anilines is 1. The molecule has 0 aliphatic carbocycles. The third-order valence-corrected chi connectivity index (χ3v) is 4.64. The predicted molar refractivity (Wildman–Crippen MR) is 99.9 cm³/mol. The number of carbonyl (C=O) groups excluding carboxylic acids is 2. The van der Waals surface area contributed by atoms with Crippen molar-refractivity contribution in [3.8, 4) is 0 Å². The number of rotatable bonds is 4. The standard InChI is InChI=1S/C19H18Cl2N2O2/c1-12-3-2-4-13(5-12)10-22-19(25)14-6-18(24)23(11-14)17-8-15(20)7-16(21)9-17/h2-5,7-9,14H,6,10-11H2,1H3,(H,22,25). The van der Waals surface area contributed by atoms with Gasteiger partial charge in [-0.1, -0.05) is 53.0 Å². The first kappa shape index (κ1) is 17.8. The molecule has 0 bridgehead atoms. The van der Waals surface area contributed by atoms with Gasteiger partial charge in [-0.3, -0.25) is 9.59 Å². The quantitative estimate of drug-likeness (QED) is 0.877. The molecule has 1 heterocycles. The van der Waals surface area contributed by atoms with Gasteiger partial charge in [0.1, 0.15) is 0 Å². The van der Waals surface area contributed by atoms with E-state index in [9.17, 15) is 9.59 Å². The van der Waals surface area contributed by atoms with Gasteiger partial charge in [-0.25, -0.2) is 0 Å². The van der Waals surface area contributed by atoms with Gasteiger partial charge in [-0.15, -0.1) is 0 Å². The van der Waals surface area contributed by atoms with Gasteiger partial charge in [0.15, 0.2) is 0 Å². The highest BCUT2D eigenvalue weighted by Crippen LogP contribution is 2.30. The second kappa shape index (κ2) is 7.46. The van der Waals surface area contributed by atoms with Crippen LogP contribution in [0.5, 0.6) is 0 Å². The smallest absolute Gasteiger partial charge is 0.227 e. The molecule has 1 atom stereocenters. The highest BCUT2D eigenvalue weighted by molar-refractivity contribution is 6.35. The number of hydrogen-bond acceptors (Lipinski definition) is 2. The van der Waals surface area contributed by atoms with Crippen molar-refractivity contribution in [2.45, 2.75) is 19.9 Å². The molecule has 1 saturated heterocycles. The molecule has 0 saturated carbocycles. The van der Waals surface area contributed by atoms with Crippen LogP contribution in [0.2, 0.25) is 10.0 Å². The summed E-state index contributed by atoms with van der Waals surface area (Å²) >= 11 is 12.0. The number of benzene rings is 2. The van der Waals surface area contributed by atoms with Gasteiger partial charge in [-0.2, -0.15) is 0 Å². The molecule has 1 aliphatic heterocycles. The fraction of sp³-hybridized carbons (Fsp3) is 0.263. The molecular weight excluding hydrogens is 359 g/mol. The first-order valence-corrected chi connectivity index (χ1v) is 8.77. The average molecular weight is 377 g/mol. The first-order valence-electron chi connectivity index (χ1n) is 8.02. The largest absolute Gasteiger partial charge is 0.352 e.